The van der Waals surface area contributed by atoms with Crippen LogP contribution in [0.2, 0.25) is 0 Å². The van der Waals surface area contributed by atoms with Gasteiger partial charge in [0.05, 0.1) is 11.4 Å². The molecular formula is C14H18N4. The van der Waals surface area contributed by atoms with E-state index in [-0.39, 0.29) is 0 Å². The van der Waals surface area contributed by atoms with E-state index in [2.05, 4.69) is 21.9 Å². The van der Waals surface area contributed by atoms with Crippen molar-refractivity contribution in [3.05, 3.63) is 59.7 Å². The van der Waals surface area contributed by atoms with Crippen molar-refractivity contribution >= 4 is 0 Å². The number of hydrogen-bond acceptors (Lipinski definition) is 4. The maximum absolute atomic E-state index is 5.59. The molecule has 0 saturated heterocycles. The number of nitrogens with two attached hydrogens (primary N) is 1. The van der Waals surface area contributed by atoms with Gasteiger partial charge in [-0.1, -0.05) is 6.07 Å². The van der Waals surface area contributed by atoms with Crippen LogP contribution in [0.25, 0.3) is 0 Å². The molecule has 0 fully saturated rings. The van der Waals surface area contributed by atoms with Crippen LogP contribution in [0, 0.1) is 0 Å². The molecule has 0 radical (unpaired) electrons. The Kier molecular flexibility index (Phi) is 4.39. The van der Waals surface area contributed by atoms with Gasteiger partial charge in [0.2, 0.25) is 0 Å². The van der Waals surface area contributed by atoms with Crippen LogP contribution in [0.5, 0.6) is 0 Å². The molecule has 2 heterocycles. The van der Waals surface area contributed by atoms with Crippen LogP contribution in [0.15, 0.2) is 42.7 Å². The molecule has 0 aliphatic rings. The zero-order valence-corrected chi connectivity index (χ0v) is 10.6. The summed E-state index contributed by atoms with van der Waals surface area (Å²) < 4.78 is 0. The molecule has 4 heteroatoms. The average molecular weight is 242 g/mol. The zero-order chi connectivity index (χ0) is 12.8. The van der Waals surface area contributed by atoms with Crippen molar-refractivity contribution in [2.24, 2.45) is 5.73 Å². The third kappa shape index (κ3) is 3.61. The largest absolute Gasteiger partial charge is 0.325 e. The minimum atomic E-state index is 0.488. The van der Waals surface area contributed by atoms with Gasteiger partial charge in [-0.05, 0) is 36.9 Å². The molecule has 0 saturated carbocycles. The fraction of sp³-hybridized carbons (Fsp3) is 0.286. The number of pyridine rings is 2. The Hall–Kier alpha value is -1.78. The first-order valence-electron chi connectivity index (χ1n) is 6.00. The summed E-state index contributed by atoms with van der Waals surface area (Å²) in [6.07, 6.45) is 3.63. The molecule has 2 rings (SSSR count). The number of aromatic nitrogens is 2. The molecule has 0 aliphatic heterocycles. The first-order valence-corrected chi connectivity index (χ1v) is 6.00. The Labute approximate surface area is 107 Å². The molecule has 0 bridgehead atoms. The van der Waals surface area contributed by atoms with E-state index in [1.54, 1.807) is 0 Å². The number of nitrogens with zero attached hydrogens (tertiary/aromatic N) is 3. The lowest BCUT2D eigenvalue weighted by atomic mass is 10.2. The standard InChI is InChI=1S/C14H18N4/c1-18(10-12-5-7-16-8-6-12)11-14-4-2-3-13(9-15)17-14/h2-8H,9-11,15H2,1H3. The van der Waals surface area contributed by atoms with Crippen molar-refractivity contribution < 1.29 is 0 Å². The van der Waals surface area contributed by atoms with Crippen LogP contribution in [0.3, 0.4) is 0 Å². The Balaban J connectivity index is 1.96. The first-order chi connectivity index (χ1) is 8.78. The normalized spacial score (nSPS) is 10.8. The summed E-state index contributed by atoms with van der Waals surface area (Å²) in [6.45, 7) is 2.19. The Bertz CT molecular complexity index is 484. The van der Waals surface area contributed by atoms with E-state index in [4.69, 9.17) is 5.73 Å². The Morgan fingerprint density at radius 2 is 1.78 bits per heavy atom. The smallest absolute Gasteiger partial charge is 0.0547 e. The summed E-state index contributed by atoms with van der Waals surface area (Å²) in [5.41, 5.74) is 8.83. The minimum absolute atomic E-state index is 0.488. The van der Waals surface area contributed by atoms with E-state index in [0.717, 1.165) is 24.5 Å². The van der Waals surface area contributed by atoms with Crippen molar-refractivity contribution in [2.45, 2.75) is 19.6 Å². The summed E-state index contributed by atoms with van der Waals surface area (Å²) >= 11 is 0. The van der Waals surface area contributed by atoms with Gasteiger partial charge in [0.1, 0.15) is 0 Å². The first kappa shape index (κ1) is 12.7. The van der Waals surface area contributed by atoms with Crippen LogP contribution in [0.4, 0.5) is 0 Å². The average Bonchev–Trinajstić information content (AvgIpc) is 2.40. The van der Waals surface area contributed by atoms with Gasteiger partial charge in [-0.15, -0.1) is 0 Å². The molecule has 4 nitrogen and oxygen atoms in total. The van der Waals surface area contributed by atoms with E-state index in [1.165, 1.54) is 5.56 Å². The topological polar surface area (TPSA) is 55.0 Å². The quantitative estimate of drug-likeness (QED) is 0.864. The molecular weight excluding hydrogens is 224 g/mol. The zero-order valence-electron chi connectivity index (χ0n) is 10.6. The Morgan fingerprint density at radius 3 is 2.50 bits per heavy atom. The van der Waals surface area contributed by atoms with Crippen LogP contribution in [-0.2, 0) is 19.6 Å². The fourth-order valence-electron chi connectivity index (χ4n) is 1.86. The van der Waals surface area contributed by atoms with Gasteiger partial charge < -0.3 is 5.73 Å². The highest BCUT2D eigenvalue weighted by Crippen LogP contribution is 2.06. The monoisotopic (exact) mass is 242 g/mol. The highest BCUT2D eigenvalue weighted by atomic mass is 15.1. The molecule has 0 atom stereocenters. The second kappa shape index (κ2) is 6.23. The highest BCUT2D eigenvalue weighted by Gasteiger charge is 2.03. The molecule has 2 aromatic heterocycles. The van der Waals surface area contributed by atoms with Gasteiger partial charge in [0, 0.05) is 32.0 Å². The lowest BCUT2D eigenvalue weighted by Crippen LogP contribution is -2.18. The van der Waals surface area contributed by atoms with Crippen LogP contribution in [0.1, 0.15) is 17.0 Å². The molecule has 2 aromatic rings. The highest BCUT2D eigenvalue weighted by molar-refractivity contribution is 5.12. The van der Waals surface area contributed by atoms with Gasteiger partial charge in [-0.3, -0.25) is 14.9 Å². The fourth-order valence-corrected chi connectivity index (χ4v) is 1.86. The minimum Gasteiger partial charge on any atom is -0.325 e. The van der Waals surface area contributed by atoms with Crippen molar-refractivity contribution in [1.29, 1.82) is 0 Å². The lowest BCUT2D eigenvalue weighted by molar-refractivity contribution is 0.314. The summed E-state index contributed by atoms with van der Waals surface area (Å²) in [5, 5.41) is 0. The molecule has 0 aromatic carbocycles. The second-order valence-corrected chi connectivity index (χ2v) is 4.35. The van der Waals surface area contributed by atoms with E-state index >= 15 is 0 Å². The maximum atomic E-state index is 5.59. The molecule has 18 heavy (non-hydrogen) atoms. The SMILES string of the molecule is CN(Cc1ccncc1)Cc1cccc(CN)n1. The van der Waals surface area contributed by atoms with Gasteiger partial charge in [-0.25, -0.2) is 0 Å². The molecule has 0 aliphatic carbocycles. The van der Waals surface area contributed by atoms with E-state index in [0.29, 0.717) is 6.54 Å². The van der Waals surface area contributed by atoms with Crippen LogP contribution < -0.4 is 5.73 Å². The summed E-state index contributed by atoms with van der Waals surface area (Å²) in [7, 11) is 2.08. The summed E-state index contributed by atoms with van der Waals surface area (Å²) in [6, 6.07) is 10.0. The molecule has 0 amide bonds. The van der Waals surface area contributed by atoms with Crippen molar-refractivity contribution in [3.8, 4) is 0 Å². The number of rotatable bonds is 5. The molecule has 0 spiro atoms. The Morgan fingerprint density at radius 1 is 1.06 bits per heavy atom. The molecule has 2 N–H and O–H groups in total. The van der Waals surface area contributed by atoms with Crippen LogP contribution >= 0.6 is 0 Å². The predicted octanol–water partition coefficient (Wildman–Crippen LogP) is 1.57. The molecule has 94 valence electrons. The summed E-state index contributed by atoms with van der Waals surface area (Å²) in [4.78, 5) is 10.7. The van der Waals surface area contributed by atoms with Crippen molar-refractivity contribution in [2.75, 3.05) is 7.05 Å². The third-order valence-corrected chi connectivity index (χ3v) is 2.71. The van der Waals surface area contributed by atoms with E-state index < -0.39 is 0 Å². The van der Waals surface area contributed by atoms with E-state index in [1.807, 2.05) is 42.7 Å². The molecule has 0 unspecified atom stereocenters. The lowest BCUT2D eigenvalue weighted by Gasteiger charge is -2.16. The van der Waals surface area contributed by atoms with E-state index in [9.17, 15) is 0 Å². The second-order valence-electron chi connectivity index (χ2n) is 4.35. The van der Waals surface area contributed by atoms with Gasteiger partial charge in [0.25, 0.3) is 0 Å². The van der Waals surface area contributed by atoms with Gasteiger partial charge >= 0.3 is 0 Å². The van der Waals surface area contributed by atoms with Crippen molar-refractivity contribution in [1.82, 2.24) is 14.9 Å². The van der Waals surface area contributed by atoms with Gasteiger partial charge in [-0.2, -0.15) is 0 Å². The predicted molar refractivity (Wildman–Crippen MR) is 71.5 cm³/mol. The van der Waals surface area contributed by atoms with Crippen LogP contribution in [-0.4, -0.2) is 21.9 Å². The maximum Gasteiger partial charge on any atom is 0.0547 e. The third-order valence-electron chi connectivity index (χ3n) is 2.71. The summed E-state index contributed by atoms with van der Waals surface area (Å²) in [5.74, 6) is 0. The number of hydrogen-bond donors (Lipinski definition) is 1. The van der Waals surface area contributed by atoms with Crippen molar-refractivity contribution in [3.63, 3.8) is 0 Å². The van der Waals surface area contributed by atoms with Gasteiger partial charge in [0.15, 0.2) is 0 Å².